The van der Waals surface area contributed by atoms with Crippen LogP contribution >= 0.6 is 11.8 Å². The molecule has 154 valence electrons. The van der Waals surface area contributed by atoms with Crippen LogP contribution in [0.25, 0.3) is 6.08 Å². The Kier molecular flexibility index (Phi) is 6.24. The van der Waals surface area contributed by atoms with Gasteiger partial charge in [0.05, 0.1) is 11.4 Å². The molecule has 1 heterocycles. The third-order valence-electron chi connectivity index (χ3n) is 4.41. The van der Waals surface area contributed by atoms with Gasteiger partial charge in [0, 0.05) is 5.69 Å². The summed E-state index contributed by atoms with van der Waals surface area (Å²) in [5.41, 5.74) is 2.34. The molecule has 0 fully saturated rings. The molecular formula is C24H18FN3O2S. The molecule has 1 N–H and O–H groups in total. The van der Waals surface area contributed by atoms with E-state index in [4.69, 9.17) is 0 Å². The van der Waals surface area contributed by atoms with Gasteiger partial charge in [-0.1, -0.05) is 60.3 Å². The zero-order valence-electron chi connectivity index (χ0n) is 16.4. The SMILES string of the molecule is O=C(CSC1=N/C(=C\c2ccccc2)C(=O)N1c1ccccc1)Nc1ccc(F)cc1. The molecule has 31 heavy (non-hydrogen) atoms. The van der Waals surface area contributed by atoms with Gasteiger partial charge in [-0.25, -0.2) is 9.38 Å². The van der Waals surface area contributed by atoms with Crippen LogP contribution < -0.4 is 10.2 Å². The smallest absolute Gasteiger partial charge is 0.283 e. The van der Waals surface area contributed by atoms with Crippen molar-refractivity contribution in [2.45, 2.75) is 0 Å². The Morgan fingerprint density at radius 3 is 2.29 bits per heavy atom. The molecule has 3 aromatic carbocycles. The molecule has 0 saturated carbocycles. The summed E-state index contributed by atoms with van der Waals surface area (Å²) < 4.78 is 13.0. The summed E-state index contributed by atoms with van der Waals surface area (Å²) in [7, 11) is 0. The Morgan fingerprint density at radius 1 is 0.968 bits per heavy atom. The second-order valence-electron chi connectivity index (χ2n) is 6.65. The summed E-state index contributed by atoms with van der Waals surface area (Å²) in [6.07, 6.45) is 1.73. The van der Waals surface area contributed by atoms with Gasteiger partial charge in [-0.3, -0.25) is 14.5 Å². The van der Waals surface area contributed by atoms with Gasteiger partial charge >= 0.3 is 0 Å². The van der Waals surface area contributed by atoms with E-state index in [9.17, 15) is 14.0 Å². The molecule has 1 aliphatic rings. The first kappa shape index (κ1) is 20.6. The van der Waals surface area contributed by atoms with E-state index in [0.29, 0.717) is 22.2 Å². The molecule has 2 amide bonds. The van der Waals surface area contributed by atoms with Crippen LogP contribution in [0.5, 0.6) is 0 Å². The predicted molar refractivity (Wildman–Crippen MR) is 123 cm³/mol. The number of aliphatic imine (C=N–C) groups is 1. The van der Waals surface area contributed by atoms with E-state index in [2.05, 4.69) is 10.3 Å². The van der Waals surface area contributed by atoms with Gasteiger partial charge in [0.15, 0.2) is 5.17 Å². The summed E-state index contributed by atoms with van der Waals surface area (Å²) in [5, 5.41) is 3.13. The van der Waals surface area contributed by atoms with Crippen LogP contribution in [0.1, 0.15) is 5.56 Å². The Balaban J connectivity index is 1.53. The number of hydrogen-bond donors (Lipinski definition) is 1. The molecule has 7 heteroatoms. The molecule has 0 unspecified atom stereocenters. The molecule has 5 nitrogen and oxygen atoms in total. The normalized spacial score (nSPS) is 14.6. The molecule has 4 rings (SSSR count). The first-order chi connectivity index (χ1) is 15.1. The fraction of sp³-hybridized carbons (Fsp3) is 0.0417. The van der Waals surface area contributed by atoms with Crippen LogP contribution in [0, 0.1) is 5.82 Å². The highest BCUT2D eigenvalue weighted by Crippen LogP contribution is 2.29. The van der Waals surface area contributed by atoms with Crippen molar-refractivity contribution in [3.8, 4) is 0 Å². The molecule has 1 aliphatic heterocycles. The molecule has 0 aromatic heterocycles. The van der Waals surface area contributed by atoms with E-state index in [1.54, 1.807) is 6.08 Å². The maximum atomic E-state index is 13.1. The number of rotatable bonds is 5. The van der Waals surface area contributed by atoms with Gasteiger partial charge in [-0.15, -0.1) is 0 Å². The quantitative estimate of drug-likeness (QED) is 0.582. The Bertz CT molecular complexity index is 1150. The van der Waals surface area contributed by atoms with E-state index in [1.165, 1.54) is 29.2 Å². The Morgan fingerprint density at radius 2 is 1.61 bits per heavy atom. The van der Waals surface area contributed by atoms with Crippen molar-refractivity contribution in [1.29, 1.82) is 0 Å². The highest BCUT2D eigenvalue weighted by atomic mass is 32.2. The number of carbonyl (C=O) groups excluding carboxylic acids is 2. The minimum Gasteiger partial charge on any atom is -0.325 e. The van der Waals surface area contributed by atoms with E-state index < -0.39 is 0 Å². The summed E-state index contributed by atoms with van der Waals surface area (Å²) in [5.74, 6) is -0.856. The maximum Gasteiger partial charge on any atom is 0.283 e. The van der Waals surface area contributed by atoms with Crippen LogP contribution in [0.3, 0.4) is 0 Å². The van der Waals surface area contributed by atoms with Gasteiger partial charge in [-0.2, -0.15) is 0 Å². The van der Waals surface area contributed by atoms with Gasteiger partial charge < -0.3 is 5.32 Å². The summed E-state index contributed by atoms with van der Waals surface area (Å²) in [6.45, 7) is 0. The number of amides is 2. The fourth-order valence-corrected chi connectivity index (χ4v) is 3.78. The molecule has 0 bridgehead atoms. The first-order valence-electron chi connectivity index (χ1n) is 9.53. The highest BCUT2D eigenvalue weighted by molar-refractivity contribution is 8.14. The van der Waals surface area contributed by atoms with Crippen LogP contribution in [0.15, 0.2) is 95.6 Å². The molecule has 0 spiro atoms. The number of anilines is 2. The Labute approximate surface area is 183 Å². The average Bonchev–Trinajstić information content (AvgIpc) is 3.10. The van der Waals surface area contributed by atoms with Gasteiger partial charge in [-0.05, 0) is 48.0 Å². The maximum absolute atomic E-state index is 13.1. The van der Waals surface area contributed by atoms with Gasteiger partial charge in [0.1, 0.15) is 11.5 Å². The number of nitrogens with one attached hydrogen (secondary N) is 1. The molecule has 0 radical (unpaired) electrons. The van der Waals surface area contributed by atoms with E-state index in [0.717, 1.165) is 17.3 Å². The van der Waals surface area contributed by atoms with E-state index in [-0.39, 0.29) is 23.4 Å². The zero-order chi connectivity index (χ0) is 21.6. The van der Waals surface area contributed by atoms with E-state index in [1.807, 2.05) is 60.7 Å². The van der Waals surface area contributed by atoms with Gasteiger partial charge in [0.25, 0.3) is 5.91 Å². The van der Waals surface area contributed by atoms with Gasteiger partial charge in [0.2, 0.25) is 5.91 Å². The van der Waals surface area contributed by atoms with Crippen LogP contribution in [0.4, 0.5) is 15.8 Å². The summed E-state index contributed by atoms with van der Waals surface area (Å²) >= 11 is 1.16. The van der Waals surface area contributed by atoms with Crippen molar-refractivity contribution in [3.05, 3.63) is 102 Å². The zero-order valence-corrected chi connectivity index (χ0v) is 17.2. The highest BCUT2D eigenvalue weighted by Gasteiger charge is 2.32. The standard InChI is InChI=1S/C24H18FN3O2S/c25-18-11-13-19(14-12-18)26-22(29)16-31-24-27-21(15-17-7-3-1-4-8-17)23(30)28(24)20-9-5-2-6-10-20/h1-15H,16H2,(H,26,29)/b21-15-. The first-order valence-corrected chi connectivity index (χ1v) is 10.5. The van der Waals surface area contributed by atoms with Crippen LogP contribution in [-0.4, -0.2) is 22.7 Å². The van der Waals surface area contributed by atoms with Crippen molar-refractivity contribution in [3.63, 3.8) is 0 Å². The largest absolute Gasteiger partial charge is 0.325 e. The molecule has 0 aliphatic carbocycles. The van der Waals surface area contributed by atoms with Crippen molar-refractivity contribution < 1.29 is 14.0 Å². The number of thioether (sulfide) groups is 1. The third kappa shape index (κ3) is 5.07. The van der Waals surface area contributed by atoms with Crippen LogP contribution in [-0.2, 0) is 9.59 Å². The number of amidine groups is 1. The number of benzene rings is 3. The van der Waals surface area contributed by atoms with Crippen LogP contribution in [0.2, 0.25) is 0 Å². The fourth-order valence-electron chi connectivity index (χ4n) is 2.97. The molecular weight excluding hydrogens is 413 g/mol. The van der Waals surface area contributed by atoms with Crippen molar-refractivity contribution in [2.75, 3.05) is 16.0 Å². The summed E-state index contributed by atoms with van der Waals surface area (Å²) in [4.78, 5) is 31.4. The number of hydrogen-bond acceptors (Lipinski definition) is 4. The minimum absolute atomic E-state index is 0.0471. The number of carbonyl (C=O) groups is 2. The lowest BCUT2D eigenvalue weighted by Crippen LogP contribution is -2.31. The minimum atomic E-state index is -0.373. The lowest BCUT2D eigenvalue weighted by Gasteiger charge is -2.17. The molecule has 0 atom stereocenters. The second kappa shape index (κ2) is 9.40. The average molecular weight is 431 g/mol. The summed E-state index contributed by atoms with van der Waals surface area (Å²) in [6, 6.07) is 24.2. The molecule has 0 saturated heterocycles. The number of halogens is 1. The van der Waals surface area contributed by atoms with E-state index >= 15 is 0 Å². The monoisotopic (exact) mass is 431 g/mol. The third-order valence-corrected chi connectivity index (χ3v) is 5.35. The second-order valence-corrected chi connectivity index (χ2v) is 7.60. The predicted octanol–water partition coefficient (Wildman–Crippen LogP) is 4.94. The molecule has 3 aromatic rings. The Hall–Kier alpha value is -3.71. The van der Waals surface area contributed by atoms with Crippen molar-refractivity contribution in [2.24, 2.45) is 4.99 Å². The lowest BCUT2D eigenvalue weighted by atomic mass is 10.2. The number of para-hydroxylation sites is 1. The topological polar surface area (TPSA) is 61.8 Å². The van der Waals surface area contributed by atoms with Crippen molar-refractivity contribution >= 4 is 46.2 Å². The number of nitrogens with zero attached hydrogens (tertiary/aromatic N) is 2. The lowest BCUT2D eigenvalue weighted by molar-refractivity contribution is -0.114. The van der Waals surface area contributed by atoms with Crippen molar-refractivity contribution in [1.82, 2.24) is 0 Å².